The van der Waals surface area contributed by atoms with Gasteiger partial charge in [-0.15, -0.1) is 0 Å². The monoisotopic (exact) mass is 527 g/mol. The van der Waals surface area contributed by atoms with Gasteiger partial charge in [-0.25, -0.2) is 9.59 Å². The molecule has 0 aromatic heterocycles. The van der Waals surface area contributed by atoms with Gasteiger partial charge >= 0.3 is 11.9 Å². The van der Waals surface area contributed by atoms with Gasteiger partial charge in [-0.1, -0.05) is 37.4 Å². The maximum Gasteiger partial charge on any atom is 0.333 e. The van der Waals surface area contributed by atoms with Gasteiger partial charge < -0.3 is 19.1 Å². The number of ether oxygens (including phenoxy) is 3. The normalized spacial score (nSPS) is 10.4. The number of rotatable bonds is 14. The Bertz CT molecular complexity index is 1280. The molecule has 3 rings (SSSR count). The molecular formula is C33H37NO5. The second-order valence-electron chi connectivity index (χ2n) is 9.41. The van der Waals surface area contributed by atoms with Crippen molar-refractivity contribution in [2.75, 3.05) is 25.2 Å². The molecule has 3 aromatic rings. The van der Waals surface area contributed by atoms with Crippen LogP contribution in [0, 0.1) is 0 Å². The summed E-state index contributed by atoms with van der Waals surface area (Å²) in [4.78, 5) is 25.4. The van der Waals surface area contributed by atoms with E-state index in [1.165, 1.54) is 0 Å². The summed E-state index contributed by atoms with van der Waals surface area (Å²) in [6.45, 7) is 11.2. The molecule has 0 bridgehead atoms. The largest absolute Gasteiger partial charge is 0.497 e. The fraction of sp³-hybridized carbons (Fsp3) is 0.273. The molecule has 0 unspecified atom stereocenters. The van der Waals surface area contributed by atoms with Crippen molar-refractivity contribution in [2.24, 2.45) is 0 Å². The van der Waals surface area contributed by atoms with Crippen molar-refractivity contribution in [1.82, 2.24) is 0 Å². The molecule has 0 amide bonds. The molecule has 0 spiro atoms. The van der Waals surface area contributed by atoms with Crippen LogP contribution in [0.3, 0.4) is 0 Å². The van der Waals surface area contributed by atoms with E-state index in [1.807, 2.05) is 30.3 Å². The zero-order chi connectivity index (χ0) is 28.2. The highest BCUT2D eigenvalue weighted by Gasteiger charge is 2.14. The van der Waals surface area contributed by atoms with Crippen molar-refractivity contribution >= 4 is 29.0 Å². The van der Waals surface area contributed by atoms with Crippen molar-refractivity contribution in [3.8, 4) is 5.75 Å². The van der Waals surface area contributed by atoms with Crippen LogP contribution in [0.25, 0.3) is 0 Å². The molecule has 0 radical (unpaired) electrons. The summed E-state index contributed by atoms with van der Waals surface area (Å²) >= 11 is 0. The summed E-state index contributed by atoms with van der Waals surface area (Å²) in [5.74, 6) is 0.0841. The van der Waals surface area contributed by atoms with Crippen LogP contribution < -0.4 is 9.64 Å². The van der Waals surface area contributed by atoms with Gasteiger partial charge in [-0.2, -0.15) is 0 Å². The molecule has 0 aliphatic heterocycles. The number of hydrogen-bond acceptors (Lipinski definition) is 6. The molecule has 39 heavy (non-hydrogen) atoms. The first-order valence-corrected chi connectivity index (χ1v) is 13.1. The lowest BCUT2D eigenvalue weighted by molar-refractivity contribution is -0.139. The van der Waals surface area contributed by atoms with Gasteiger partial charge in [0.1, 0.15) is 5.75 Å². The highest BCUT2D eigenvalue weighted by atomic mass is 16.5. The van der Waals surface area contributed by atoms with E-state index in [-0.39, 0.29) is 11.9 Å². The molecule has 6 heteroatoms. The van der Waals surface area contributed by atoms with Crippen LogP contribution in [0.15, 0.2) is 97.1 Å². The third-order valence-electron chi connectivity index (χ3n) is 6.08. The predicted molar refractivity (Wildman–Crippen MR) is 156 cm³/mol. The van der Waals surface area contributed by atoms with Crippen LogP contribution in [0.4, 0.5) is 17.1 Å². The van der Waals surface area contributed by atoms with Crippen LogP contribution in [0.5, 0.6) is 5.75 Å². The maximum absolute atomic E-state index is 11.6. The molecule has 6 nitrogen and oxygen atoms in total. The predicted octanol–water partition coefficient (Wildman–Crippen LogP) is 7.27. The first-order chi connectivity index (χ1) is 18.8. The van der Waals surface area contributed by atoms with E-state index in [9.17, 15) is 9.59 Å². The quantitative estimate of drug-likeness (QED) is 0.125. The number of methoxy groups -OCH3 is 1. The van der Waals surface area contributed by atoms with Crippen molar-refractivity contribution in [3.63, 3.8) is 0 Å². The highest BCUT2D eigenvalue weighted by molar-refractivity contribution is 5.87. The summed E-state index contributed by atoms with van der Waals surface area (Å²) in [5, 5.41) is 0. The summed E-state index contributed by atoms with van der Waals surface area (Å²) < 4.78 is 15.8. The standard InChI is InChI=1S/C33H37NO5/c1-24(2)32(35)38-21-7-10-26-13-15-28(16-14-26)34(29-17-19-31(37-5)20-18-29)30-12-6-9-27(23-30)11-8-22-39-33(36)25(3)4/h6,9,12-20,23H,1,3,7-8,10-11,21-22H2,2,4-5H3. The second kappa shape index (κ2) is 14.6. The molecule has 0 heterocycles. The smallest absolute Gasteiger partial charge is 0.333 e. The topological polar surface area (TPSA) is 65.1 Å². The average Bonchev–Trinajstić information content (AvgIpc) is 2.94. The molecule has 0 aliphatic carbocycles. The number of esters is 2. The van der Waals surface area contributed by atoms with Crippen LogP contribution in [0.1, 0.15) is 37.8 Å². The number of anilines is 3. The Morgan fingerprint density at radius 2 is 1.21 bits per heavy atom. The van der Waals surface area contributed by atoms with Crippen LogP contribution in [0.2, 0.25) is 0 Å². The van der Waals surface area contributed by atoms with Crippen molar-refractivity contribution in [2.45, 2.75) is 39.5 Å². The fourth-order valence-electron chi connectivity index (χ4n) is 3.97. The molecule has 0 saturated carbocycles. The summed E-state index contributed by atoms with van der Waals surface area (Å²) in [7, 11) is 1.65. The third kappa shape index (κ3) is 8.88. The summed E-state index contributed by atoms with van der Waals surface area (Å²) in [5.41, 5.74) is 6.18. The van der Waals surface area contributed by atoms with Gasteiger partial charge in [-0.05, 0) is 99.2 Å². The van der Waals surface area contributed by atoms with E-state index < -0.39 is 0 Å². The molecule has 0 aliphatic rings. The van der Waals surface area contributed by atoms with E-state index in [0.717, 1.165) is 59.6 Å². The number of carbonyl (C=O) groups is 2. The maximum atomic E-state index is 11.6. The Morgan fingerprint density at radius 3 is 1.72 bits per heavy atom. The number of nitrogens with zero attached hydrogens (tertiary/aromatic N) is 1. The van der Waals surface area contributed by atoms with E-state index in [0.29, 0.717) is 24.4 Å². The second-order valence-corrected chi connectivity index (χ2v) is 9.41. The van der Waals surface area contributed by atoms with Gasteiger partial charge in [0.05, 0.1) is 20.3 Å². The molecule has 0 N–H and O–H groups in total. The Hall–Kier alpha value is -4.32. The Labute approximate surface area is 231 Å². The molecule has 0 atom stereocenters. The van der Waals surface area contributed by atoms with Crippen molar-refractivity contribution < 1.29 is 23.8 Å². The van der Waals surface area contributed by atoms with Crippen LogP contribution in [-0.4, -0.2) is 32.3 Å². The van der Waals surface area contributed by atoms with E-state index >= 15 is 0 Å². The third-order valence-corrected chi connectivity index (χ3v) is 6.08. The lowest BCUT2D eigenvalue weighted by atomic mass is 10.1. The minimum atomic E-state index is -0.356. The van der Waals surface area contributed by atoms with E-state index in [4.69, 9.17) is 14.2 Å². The SMILES string of the molecule is C=C(C)C(=O)OCCCc1ccc(N(c2ccc(OC)cc2)c2cccc(CCCOC(=O)C(=C)C)c2)cc1. The minimum absolute atomic E-state index is 0.351. The van der Waals surface area contributed by atoms with Gasteiger partial charge in [0.25, 0.3) is 0 Å². The highest BCUT2D eigenvalue weighted by Crippen LogP contribution is 2.36. The van der Waals surface area contributed by atoms with Crippen LogP contribution >= 0.6 is 0 Å². The minimum Gasteiger partial charge on any atom is -0.497 e. The van der Waals surface area contributed by atoms with Crippen LogP contribution in [-0.2, 0) is 31.9 Å². The zero-order valence-corrected chi connectivity index (χ0v) is 23.1. The Balaban J connectivity index is 1.76. The van der Waals surface area contributed by atoms with Gasteiger partial charge in [0, 0.05) is 28.2 Å². The number of carbonyl (C=O) groups excluding carboxylic acids is 2. The molecule has 204 valence electrons. The van der Waals surface area contributed by atoms with Crippen molar-refractivity contribution in [1.29, 1.82) is 0 Å². The lowest BCUT2D eigenvalue weighted by Gasteiger charge is -2.26. The number of aryl methyl sites for hydroxylation is 2. The van der Waals surface area contributed by atoms with E-state index in [2.05, 4.69) is 60.5 Å². The van der Waals surface area contributed by atoms with Gasteiger partial charge in [0.15, 0.2) is 0 Å². The molecular weight excluding hydrogens is 490 g/mol. The summed E-state index contributed by atoms with van der Waals surface area (Å²) in [6, 6.07) is 24.7. The Morgan fingerprint density at radius 1 is 0.692 bits per heavy atom. The molecule has 3 aromatic carbocycles. The zero-order valence-electron chi connectivity index (χ0n) is 23.1. The number of benzene rings is 3. The molecule has 0 saturated heterocycles. The average molecular weight is 528 g/mol. The Kier molecular flexibility index (Phi) is 10.9. The first kappa shape index (κ1) is 29.2. The lowest BCUT2D eigenvalue weighted by Crippen LogP contribution is -2.11. The van der Waals surface area contributed by atoms with Gasteiger partial charge in [-0.3, -0.25) is 0 Å². The fourth-order valence-corrected chi connectivity index (χ4v) is 3.97. The first-order valence-electron chi connectivity index (χ1n) is 13.1. The molecule has 0 fully saturated rings. The number of hydrogen-bond donors (Lipinski definition) is 0. The van der Waals surface area contributed by atoms with Gasteiger partial charge in [0.2, 0.25) is 0 Å². The van der Waals surface area contributed by atoms with Crippen molar-refractivity contribution in [3.05, 3.63) is 108 Å². The van der Waals surface area contributed by atoms with E-state index in [1.54, 1.807) is 21.0 Å². The summed E-state index contributed by atoms with van der Waals surface area (Å²) in [6.07, 6.45) is 3.05.